The minimum absolute atomic E-state index is 0.172. The van der Waals surface area contributed by atoms with Gasteiger partial charge in [-0.1, -0.05) is 13.0 Å². The Hall–Kier alpha value is -1.32. The summed E-state index contributed by atoms with van der Waals surface area (Å²) in [5, 5.41) is 0. The monoisotopic (exact) mass is 184 g/mol. The molecule has 13 heavy (non-hydrogen) atoms. The van der Waals surface area contributed by atoms with E-state index in [-0.39, 0.29) is 19.0 Å². The molecule has 0 spiro atoms. The van der Waals surface area contributed by atoms with Gasteiger partial charge in [-0.15, -0.1) is 0 Å². The topological polar surface area (TPSA) is 52.6 Å². The molecule has 4 nitrogen and oxygen atoms in total. The van der Waals surface area contributed by atoms with Crippen molar-refractivity contribution in [1.82, 2.24) is 0 Å². The van der Waals surface area contributed by atoms with E-state index < -0.39 is 12.1 Å². The van der Waals surface area contributed by atoms with Gasteiger partial charge in [-0.25, -0.2) is 4.79 Å². The first-order valence-corrected chi connectivity index (χ1v) is 4.25. The lowest BCUT2D eigenvalue weighted by Gasteiger charge is -2.05. The molecule has 4 heteroatoms. The first kappa shape index (κ1) is 9.77. The number of allylic oxidation sites excluding steroid dienone is 1. The summed E-state index contributed by atoms with van der Waals surface area (Å²) >= 11 is 0. The molecule has 0 aromatic rings. The number of rotatable bonds is 3. The molecule has 0 bridgehead atoms. The Morgan fingerprint density at radius 3 is 3.08 bits per heavy atom. The van der Waals surface area contributed by atoms with Crippen LogP contribution in [0.4, 0.5) is 0 Å². The van der Waals surface area contributed by atoms with Gasteiger partial charge >= 0.3 is 11.9 Å². The van der Waals surface area contributed by atoms with Crippen molar-refractivity contribution in [3.8, 4) is 0 Å². The summed E-state index contributed by atoms with van der Waals surface area (Å²) in [6.45, 7) is 2.11. The number of cyclic esters (lactones) is 1. The van der Waals surface area contributed by atoms with Gasteiger partial charge in [-0.05, 0) is 6.42 Å². The van der Waals surface area contributed by atoms with Crippen molar-refractivity contribution >= 4 is 11.9 Å². The normalized spacial score (nSPS) is 21.9. The van der Waals surface area contributed by atoms with Crippen LogP contribution in [0.25, 0.3) is 0 Å². The average molecular weight is 184 g/mol. The number of ether oxygens (including phenoxy) is 2. The van der Waals surface area contributed by atoms with Crippen molar-refractivity contribution in [3.05, 3.63) is 12.2 Å². The van der Waals surface area contributed by atoms with Crippen LogP contribution in [0.3, 0.4) is 0 Å². The number of carbonyl (C=O) groups excluding carboxylic acids is 2. The van der Waals surface area contributed by atoms with Crippen molar-refractivity contribution in [1.29, 1.82) is 0 Å². The quantitative estimate of drug-likeness (QED) is 0.481. The van der Waals surface area contributed by atoms with E-state index in [9.17, 15) is 9.59 Å². The van der Waals surface area contributed by atoms with Crippen LogP contribution >= 0.6 is 0 Å². The maximum Gasteiger partial charge on any atom is 0.330 e. The second-order valence-corrected chi connectivity index (χ2v) is 2.76. The predicted molar refractivity (Wildman–Crippen MR) is 44.9 cm³/mol. The average Bonchev–Trinajstić information content (AvgIpc) is 2.48. The molecule has 0 radical (unpaired) electrons. The van der Waals surface area contributed by atoms with Gasteiger partial charge < -0.3 is 9.47 Å². The Kier molecular flexibility index (Phi) is 3.49. The van der Waals surface area contributed by atoms with Crippen LogP contribution in [-0.4, -0.2) is 24.6 Å². The molecule has 1 rings (SSSR count). The van der Waals surface area contributed by atoms with Gasteiger partial charge in [0.1, 0.15) is 12.7 Å². The molecular formula is C9H12O4. The molecule has 1 atom stereocenters. The summed E-state index contributed by atoms with van der Waals surface area (Å²) in [6.07, 6.45) is 3.63. The minimum Gasteiger partial charge on any atom is -0.462 e. The van der Waals surface area contributed by atoms with E-state index in [0.29, 0.717) is 0 Å². The first-order chi connectivity index (χ1) is 6.22. The molecule has 1 fully saturated rings. The molecule has 0 unspecified atom stereocenters. The van der Waals surface area contributed by atoms with Gasteiger partial charge in [0.05, 0.1) is 6.42 Å². The van der Waals surface area contributed by atoms with Gasteiger partial charge in [0, 0.05) is 6.08 Å². The second-order valence-electron chi connectivity index (χ2n) is 2.76. The van der Waals surface area contributed by atoms with Gasteiger partial charge in [-0.2, -0.15) is 0 Å². The Bertz CT molecular complexity index is 232. The molecule has 1 heterocycles. The summed E-state index contributed by atoms with van der Waals surface area (Å²) in [6, 6.07) is 0. The van der Waals surface area contributed by atoms with E-state index in [1.807, 2.05) is 6.92 Å². The summed E-state index contributed by atoms with van der Waals surface area (Å²) in [5.74, 6) is -0.720. The maximum atomic E-state index is 11.0. The third-order valence-corrected chi connectivity index (χ3v) is 1.60. The molecule has 1 saturated heterocycles. The number of hydrogen-bond donors (Lipinski definition) is 0. The number of esters is 2. The summed E-state index contributed by atoms with van der Waals surface area (Å²) < 4.78 is 9.54. The van der Waals surface area contributed by atoms with Gasteiger partial charge in [0.2, 0.25) is 0 Å². The third-order valence-electron chi connectivity index (χ3n) is 1.60. The zero-order valence-corrected chi connectivity index (χ0v) is 7.49. The fraction of sp³-hybridized carbons (Fsp3) is 0.556. The fourth-order valence-corrected chi connectivity index (χ4v) is 0.983. The highest BCUT2D eigenvalue weighted by Gasteiger charge is 2.26. The molecule has 1 aliphatic heterocycles. The van der Waals surface area contributed by atoms with Crippen molar-refractivity contribution in [2.45, 2.75) is 25.9 Å². The summed E-state index contributed by atoms with van der Waals surface area (Å²) in [4.78, 5) is 21.6. The molecule has 0 aromatic carbocycles. The molecule has 0 aliphatic carbocycles. The largest absolute Gasteiger partial charge is 0.462 e. The van der Waals surface area contributed by atoms with E-state index in [4.69, 9.17) is 4.74 Å². The molecular weight excluding hydrogens is 172 g/mol. The van der Waals surface area contributed by atoms with E-state index in [1.54, 1.807) is 6.08 Å². The van der Waals surface area contributed by atoms with Crippen LogP contribution in [0.1, 0.15) is 19.8 Å². The zero-order chi connectivity index (χ0) is 9.68. The summed E-state index contributed by atoms with van der Waals surface area (Å²) in [7, 11) is 0. The Labute approximate surface area is 76.5 Å². The Morgan fingerprint density at radius 2 is 2.54 bits per heavy atom. The van der Waals surface area contributed by atoms with Gasteiger partial charge in [0.25, 0.3) is 0 Å². The SMILES string of the molecule is CC/C=C/C(=O)O[C@@H]1COC(=O)C1. The highest BCUT2D eigenvalue weighted by Crippen LogP contribution is 2.10. The fourth-order valence-electron chi connectivity index (χ4n) is 0.983. The van der Waals surface area contributed by atoms with Gasteiger partial charge in [0.15, 0.2) is 0 Å². The van der Waals surface area contributed by atoms with Crippen LogP contribution in [0.15, 0.2) is 12.2 Å². The van der Waals surface area contributed by atoms with Crippen LogP contribution < -0.4 is 0 Å². The first-order valence-electron chi connectivity index (χ1n) is 4.25. The predicted octanol–water partition coefficient (Wildman–Crippen LogP) is 0.811. The smallest absolute Gasteiger partial charge is 0.330 e. The van der Waals surface area contributed by atoms with Crippen molar-refractivity contribution < 1.29 is 19.1 Å². The van der Waals surface area contributed by atoms with E-state index in [0.717, 1.165) is 6.42 Å². The number of hydrogen-bond acceptors (Lipinski definition) is 4. The molecule has 1 aliphatic rings. The molecule has 0 aromatic heterocycles. The van der Waals surface area contributed by atoms with Crippen LogP contribution in [0.2, 0.25) is 0 Å². The van der Waals surface area contributed by atoms with Crippen molar-refractivity contribution in [2.75, 3.05) is 6.61 Å². The maximum absolute atomic E-state index is 11.0. The Morgan fingerprint density at radius 1 is 1.77 bits per heavy atom. The molecule has 72 valence electrons. The highest BCUT2D eigenvalue weighted by molar-refractivity contribution is 5.82. The second kappa shape index (κ2) is 4.64. The van der Waals surface area contributed by atoms with E-state index >= 15 is 0 Å². The van der Waals surface area contributed by atoms with Crippen LogP contribution in [-0.2, 0) is 19.1 Å². The zero-order valence-electron chi connectivity index (χ0n) is 7.49. The van der Waals surface area contributed by atoms with Crippen molar-refractivity contribution in [3.63, 3.8) is 0 Å². The highest BCUT2D eigenvalue weighted by atomic mass is 16.6. The standard InChI is InChI=1S/C9H12O4/c1-2-3-4-8(10)13-7-5-9(11)12-6-7/h3-4,7H,2,5-6H2,1H3/b4-3+/t7-/m0/s1. The van der Waals surface area contributed by atoms with Crippen LogP contribution in [0, 0.1) is 0 Å². The minimum atomic E-state index is -0.412. The third kappa shape index (κ3) is 3.27. The van der Waals surface area contributed by atoms with Crippen LogP contribution in [0.5, 0.6) is 0 Å². The number of carbonyl (C=O) groups is 2. The summed E-state index contributed by atoms with van der Waals surface area (Å²) in [5.41, 5.74) is 0. The van der Waals surface area contributed by atoms with E-state index in [2.05, 4.69) is 4.74 Å². The molecule has 0 amide bonds. The lowest BCUT2D eigenvalue weighted by molar-refractivity contribution is -0.143. The lowest BCUT2D eigenvalue weighted by Crippen LogP contribution is -2.16. The molecule has 0 saturated carbocycles. The lowest BCUT2D eigenvalue weighted by atomic mass is 10.3. The molecule has 0 N–H and O–H groups in total. The van der Waals surface area contributed by atoms with Crippen molar-refractivity contribution in [2.24, 2.45) is 0 Å². The Balaban J connectivity index is 2.28. The van der Waals surface area contributed by atoms with E-state index in [1.165, 1.54) is 6.08 Å². The van der Waals surface area contributed by atoms with Gasteiger partial charge in [-0.3, -0.25) is 4.79 Å².